The second-order valence-corrected chi connectivity index (χ2v) is 6.81. The van der Waals surface area contributed by atoms with Gasteiger partial charge in [-0.1, -0.05) is 25.1 Å². The van der Waals surface area contributed by atoms with E-state index in [-0.39, 0.29) is 0 Å². The molecule has 2 heteroatoms. The van der Waals surface area contributed by atoms with Crippen molar-refractivity contribution in [3.8, 4) is 0 Å². The molecule has 1 aromatic heterocycles. The van der Waals surface area contributed by atoms with Crippen LogP contribution in [0.4, 0.5) is 0 Å². The molecular weight excluding hydrogens is 232 g/mol. The van der Waals surface area contributed by atoms with E-state index in [9.17, 15) is 0 Å². The highest BCUT2D eigenvalue weighted by Gasteiger charge is 2.47. The molecule has 0 saturated carbocycles. The fourth-order valence-corrected chi connectivity index (χ4v) is 4.35. The highest BCUT2D eigenvalue weighted by Crippen LogP contribution is 2.36. The molecule has 0 aliphatic carbocycles. The number of para-hydroxylation sites is 1. The highest BCUT2D eigenvalue weighted by atomic mass is 15.2. The lowest BCUT2D eigenvalue weighted by molar-refractivity contribution is -0.970. The monoisotopic (exact) mass is 255 g/mol. The fraction of sp³-hybridized carbons (Fsp3) is 0.529. The predicted molar refractivity (Wildman–Crippen MR) is 78.4 cm³/mol. The Bertz CT molecular complexity index is 627. The maximum absolute atomic E-state index is 3.75. The molecule has 4 rings (SSSR count). The van der Waals surface area contributed by atoms with Gasteiger partial charge >= 0.3 is 0 Å². The summed E-state index contributed by atoms with van der Waals surface area (Å²) in [5, 5.41) is 1.45. The van der Waals surface area contributed by atoms with Gasteiger partial charge in [0.25, 0.3) is 0 Å². The molecule has 0 radical (unpaired) electrons. The molecule has 0 bridgehead atoms. The number of fused-ring (bicyclic) bond motifs is 5. The molecule has 3 heterocycles. The molecule has 2 N–H and O–H groups in total. The van der Waals surface area contributed by atoms with Gasteiger partial charge in [-0.15, -0.1) is 0 Å². The number of aromatic nitrogens is 1. The van der Waals surface area contributed by atoms with Crippen LogP contribution in [0.25, 0.3) is 10.9 Å². The third kappa shape index (κ3) is 1.53. The SMILES string of the molecule is C[C@@H]1CC[C@]2(C)c3[nH]c4ccccc4c3CC[NH+]2C1. The number of hydrogen-bond acceptors (Lipinski definition) is 0. The summed E-state index contributed by atoms with van der Waals surface area (Å²) in [4.78, 5) is 5.55. The minimum absolute atomic E-state index is 0.319. The largest absolute Gasteiger partial charge is 0.353 e. The maximum atomic E-state index is 3.75. The first-order valence-corrected chi connectivity index (χ1v) is 7.64. The van der Waals surface area contributed by atoms with Gasteiger partial charge in [0.15, 0.2) is 0 Å². The third-order valence-electron chi connectivity index (χ3n) is 5.55. The van der Waals surface area contributed by atoms with E-state index in [2.05, 4.69) is 43.1 Å². The number of benzene rings is 1. The molecule has 1 unspecified atom stereocenters. The number of hydrogen-bond donors (Lipinski definition) is 2. The van der Waals surface area contributed by atoms with Crippen molar-refractivity contribution in [1.29, 1.82) is 0 Å². The Labute approximate surface area is 114 Å². The molecule has 2 aliphatic rings. The van der Waals surface area contributed by atoms with E-state index in [1.54, 1.807) is 10.5 Å². The van der Waals surface area contributed by atoms with Gasteiger partial charge in [0.2, 0.25) is 0 Å². The maximum Gasteiger partial charge on any atom is 0.136 e. The molecular formula is C17H23N2+. The van der Waals surface area contributed by atoms with E-state index in [1.807, 2.05) is 0 Å². The Kier molecular flexibility index (Phi) is 2.34. The smallest absolute Gasteiger partial charge is 0.136 e. The van der Waals surface area contributed by atoms with Crippen LogP contribution in [0.3, 0.4) is 0 Å². The Morgan fingerprint density at radius 2 is 2.16 bits per heavy atom. The molecule has 2 aliphatic heterocycles. The van der Waals surface area contributed by atoms with E-state index >= 15 is 0 Å². The first-order valence-electron chi connectivity index (χ1n) is 7.64. The van der Waals surface area contributed by atoms with Gasteiger partial charge in [0.1, 0.15) is 5.54 Å². The lowest BCUT2D eigenvalue weighted by atomic mass is 9.77. The first-order chi connectivity index (χ1) is 9.18. The van der Waals surface area contributed by atoms with Crippen LogP contribution < -0.4 is 4.90 Å². The molecule has 1 fully saturated rings. The molecule has 100 valence electrons. The second-order valence-electron chi connectivity index (χ2n) is 6.81. The van der Waals surface area contributed by atoms with E-state index < -0.39 is 0 Å². The number of aromatic amines is 1. The van der Waals surface area contributed by atoms with Crippen LogP contribution in [0.2, 0.25) is 0 Å². The molecule has 0 spiro atoms. The minimum atomic E-state index is 0.319. The van der Waals surface area contributed by atoms with Crippen molar-refractivity contribution in [2.75, 3.05) is 13.1 Å². The molecule has 19 heavy (non-hydrogen) atoms. The van der Waals surface area contributed by atoms with Crippen LogP contribution in [-0.4, -0.2) is 18.1 Å². The molecule has 0 amide bonds. The molecule has 1 saturated heterocycles. The van der Waals surface area contributed by atoms with Gasteiger partial charge in [0, 0.05) is 29.7 Å². The zero-order valence-electron chi connectivity index (χ0n) is 11.9. The summed E-state index contributed by atoms with van der Waals surface area (Å²) in [6.07, 6.45) is 3.93. The second kappa shape index (κ2) is 3.86. The zero-order chi connectivity index (χ0) is 13.0. The number of rotatable bonds is 0. The van der Waals surface area contributed by atoms with Crippen molar-refractivity contribution in [2.24, 2.45) is 5.92 Å². The number of quaternary nitrogens is 1. The lowest BCUT2D eigenvalue weighted by Gasteiger charge is -2.46. The number of piperidine rings is 1. The topological polar surface area (TPSA) is 20.2 Å². The van der Waals surface area contributed by atoms with Crippen LogP contribution in [-0.2, 0) is 12.0 Å². The summed E-state index contributed by atoms with van der Waals surface area (Å²) in [5.74, 6) is 0.883. The van der Waals surface area contributed by atoms with Crippen molar-refractivity contribution >= 4 is 10.9 Å². The quantitative estimate of drug-likeness (QED) is 0.720. The van der Waals surface area contributed by atoms with Crippen LogP contribution in [0, 0.1) is 5.92 Å². The van der Waals surface area contributed by atoms with Crippen LogP contribution in [0.15, 0.2) is 24.3 Å². The van der Waals surface area contributed by atoms with Crippen molar-refractivity contribution in [3.63, 3.8) is 0 Å². The Morgan fingerprint density at radius 1 is 1.32 bits per heavy atom. The van der Waals surface area contributed by atoms with E-state index in [0.29, 0.717) is 5.54 Å². The summed E-state index contributed by atoms with van der Waals surface area (Å²) >= 11 is 0. The number of nitrogens with one attached hydrogen (secondary N) is 2. The zero-order valence-corrected chi connectivity index (χ0v) is 11.9. The van der Waals surface area contributed by atoms with Crippen LogP contribution in [0.5, 0.6) is 0 Å². The van der Waals surface area contributed by atoms with Gasteiger partial charge in [0.05, 0.1) is 18.8 Å². The van der Waals surface area contributed by atoms with Crippen molar-refractivity contribution in [1.82, 2.24) is 4.98 Å². The summed E-state index contributed by atoms with van der Waals surface area (Å²) in [6.45, 7) is 7.52. The molecule has 1 aromatic carbocycles. The average Bonchev–Trinajstić information content (AvgIpc) is 2.80. The molecule has 2 aromatic rings. The van der Waals surface area contributed by atoms with Crippen LogP contribution in [0.1, 0.15) is 37.9 Å². The lowest BCUT2D eigenvalue weighted by Crippen LogP contribution is -3.20. The molecule has 2 nitrogen and oxygen atoms in total. The van der Waals surface area contributed by atoms with Crippen molar-refractivity contribution in [2.45, 2.75) is 38.6 Å². The standard InChI is InChI=1S/C17H22N2/c1-12-7-9-17(2)16-14(8-10-19(17)11-12)13-5-3-4-6-15(13)18-16/h3-6,12,18H,7-11H2,1-2H3/p+1/t12-,17-/m1/s1. The van der Waals surface area contributed by atoms with Gasteiger partial charge in [-0.3, -0.25) is 0 Å². The summed E-state index contributed by atoms with van der Waals surface area (Å²) in [7, 11) is 0. The minimum Gasteiger partial charge on any atom is -0.353 e. The average molecular weight is 255 g/mol. The van der Waals surface area contributed by atoms with E-state index in [0.717, 1.165) is 5.92 Å². The third-order valence-corrected chi connectivity index (χ3v) is 5.55. The fourth-order valence-electron chi connectivity index (χ4n) is 4.35. The summed E-state index contributed by atoms with van der Waals surface area (Å²) in [6, 6.07) is 8.81. The molecule has 3 atom stereocenters. The number of H-pyrrole nitrogens is 1. The van der Waals surface area contributed by atoms with Crippen molar-refractivity contribution < 1.29 is 4.90 Å². The normalized spacial score (nSPS) is 34.0. The van der Waals surface area contributed by atoms with Crippen molar-refractivity contribution in [3.05, 3.63) is 35.5 Å². The van der Waals surface area contributed by atoms with Gasteiger partial charge in [-0.2, -0.15) is 0 Å². The Hall–Kier alpha value is -1.28. The van der Waals surface area contributed by atoms with Gasteiger partial charge < -0.3 is 9.88 Å². The van der Waals surface area contributed by atoms with E-state index in [1.165, 1.54) is 48.9 Å². The predicted octanol–water partition coefficient (Wildman–Crippen LogP) is 2.25. The Balaban J connectivity index is 1.90. The van der Waals surface area contributed by atoms with Crippen LogP contribution >= 0.6 is 0 Å². The highest BCUT2D eigenvalue weighted by molar-refractivity contribution is 5.85. The van der Waals surface area contributed by atoms with Gasteiger partial charge in [-0.25, -0.2) is 0 Å². The van der Waals surface area contributed by atoms with E-state index in [4.69, 9.17) is 0 Å². The summed E-state index contributed by atoms with van der Waals surface area (Å²) in [5.41, 5.74) is 4.77. The Morgan fingerprint density at radius 3 is 3.05 bits per heavy atom. The first kappa shape index (κ1) is 11.5. The summed E-state index contributed by atoms with van der Waals surface area (Å²) < 4.78 is 0. The van der Waals surface area contributed by atoms with Gasteiger partial charge in [-0.05, 0) is 25.0 Å².